The van der Waals surface area contributed by atoms with Gasteiger partial charge in [0.05, 0.1) is 17.7 Å². The van der Waals surface area contributed by atoms with Gasteiger partial charge in [-0.05, 0) is 30.9 Å². The van der Waals surface area contributed by atoms with Crippen molar-refractivity contribution in [3.63, 3.8) is 0 Å². The van der Waals surface area contributed by atoms with Crippen molar-refractivity contribution in [1.82, 2.24) is 0 Å². The molecule has 1 atom stereocenters. The van der Waals surface area contributed by atoms with Crippen LogP contribution in [-0.2, 0) is 20.5 Å². The molecule has 0 heterocycles. The second-order valence-electron chi connectivity index (χ2n) is 5.22. The van der Waals surface area contributed by atoms with E-state index in [4.69, 9.17) is 4.74 Å². The quantitative estimate of drug-likeness (QED) is 0.665. The fourth-order valence-electron chi connectivity index (χ4n) is 2.31. The first-order valence-corrected chi connectivity index (χ1v) is 7.14. The predicted octanol–water partition coefficient (Wildman–Crippen LogP) is 3.54. The molecule has 1 aromatic rings. The highest BCUT2D eigenvalue weighted by molar-refractivity contribution is 5.93. The Hall–Kier alpha value is -2.31. The predicted molar refractivity (Wildman–Crippen MR) is 77.5 cm³/mol. The van der Waals surface area contributed by atoms with Crippen molar-refractivity contribution in [2.24, 2.45) is 5.92 Å². The molecule has 1 aromatic carbocycles. The molecule has 1 aliphatic rings. The number of rotatable bonds is 5. The highest BCUT2D eigenvalue weighted by Gasteiger charge is 2.33. The lowest BCUT2D eigenvalue weighted by atomic mass is 10.1. The number of benzene rings is 1. The third-order valence-corrected chi connectivity index (χ3v) is 3.41. The normalized spacial score (nSPS) is 17.1. The Balaban J connectivity index is 1.85. The molecule has 1 N–H and O–H groups in total. The summed E-state index contributed by atoms with van der Waals surface area (Å²) in [7, 11) is 0. The summed E-state index contributed by atoms with van der Waals surface area (Å²) in [4.78, 5) is 23.2. The fourth-order valence-corrected chi connectivity index (χ4v) is 2.31. The van der Waals surface area contributed by atoms with E-state index in [1.807, 2.05) is 12.2 Å². The molecular formula is C16H16F3NO3. The molecule has 0 saturated carbocycles. The largest absolute Gasteiger partial charge is 0.456 e. The number of carbonyl (C=O) groups is 2. The number of nitrogens with one attached hydrogen (secondary N) is 1. The van der Waals surface area contributed by atoms with Crippen molar-refractivity contribution in [1.29, 1.82) is 0 Å². The van der Waals surface area contributed by atoms with Crippen molar-refractivity contribution in [2.75, 3.05) is 11.9 Å². The first kappa shape index (κ1) is 17.1. The third kappa shape index (κ3) is 5.12. The number of halogens is 3. The summed E-state index contributed by atoms with van der Waals surface area (Å²) in [5.74, 6) is -1.24. The van der Waals surface area contributed by atoms with Gasteiger partial charge in [-0.25, -0.2) is 0 Å². The summed E-state index contributed by atoms with van der Waals surface area (Å²) >= 11 is 0. The number of allylic oxidation sites excluding steroid dienone is 2. The van der Waals surface area contributed by atoms with E-state index in [9.17, 15) is 22.8 Å². The van der Waals surface area contributed by atoms with Crippen molar-refractivity contribution in [2.45, 2.75) is 25.4 Å². The van der Waals surface area contributed by atoms with Gasteiger partial charge < -0.3 is 10.1 Å². The van der Waals surface area contributed by atoms with E-state index in [1.54, 1.807) is 0 Å². The van der Waals surface area contributed by atoms with E-state index in [0.717, 1.165) is 25.0 Å². The summed E-state index contributed by atoms with van der Waals surface area (Å²) < 4.78 is 43.2. The molecule has 0 spiro atoms. The number of alkyl halides is 3. The molecule has 0 unspecified atom stereocenters. The van der Waals surface area contributed by atoms with Gasteiger partial charge in [0.1, 0.15) is 0 Å². The molecule has 7 heteroatoms. The minimum atomic E-state index is -4.57. The highest BCUT2D eigenvalue weighted by atomic mass is 19.4. The van der Waals surface area contributed by atoms with E-state index in [2.05, 4.69) is 5.32 Å². The van der Waals surface area contributed by atoms with E-state index in [1.165, 1.54) is 12.1 Å². The lowest BCUT2D eigenvalue weighted by Gasteiger charge is -2.13. The van der Waals surface area contributed by atoms with Crippen LogP contribution in [0.15, 0.2) is 36.4 Å². The number of para-hydroxylation sites is 1. The Morgan fingerprint density at radius 3 is 2.65 bits per heavy atom. The lowest BCUT2D eigenvalue weighted by molar-refractivity contribution is -0.148. The van der Waals surface area contributed by atoms with Crippen molar-refractivity contribution in [3.05, 3.63) is 42.0 Å². The topological polar surface area (TPSA) is 55.4 Å². The number of ether oxygens (including phenoxy) is 1. The second kappa shape index (κ2) is 7.30. The molecular weight excluding hydrogens is 311 g/mol. The number of hydrogen-bond acceptors (Lipinski definition) is 3. The summed E-state index contributed by atoms with van der Waals surface area (Å²) in [6, 6.07) is 4.62. The van der Waals surface area contributed by atoms with Crippen LogP contribution in [-0.4, -0.2) is 18.5 Å². The number of anilines is 1. The standard InChI is InChI=1S/C16H16F3NO3/c17-16(18,19)12-7-3-4-8-13(12)20-14(21)10-23-15(22)9-11-5-1-2-6-11/h1,3-5,7-8,11H,2,6,9-10H2,(H,20,21)/t11-/m0/s1. The van der Waals surface area contributed by atoms with Crippen molar-refractivity contribution in [3.8, 4) is 0 Å². The molecule has 124 valence electrons. The molecule has 0 saturated heterocycles. The molecule has 1 aliphatic carbocycles. The van der Waals surface area contributed by atoms with Gasteiger partial charge in [0.2, 0.25) is 0 Å². The Morgan fingerprint density at radius 2 is 2.00 bits per heavy atom. The van der Waals surface area contributed by atoms with Gasteiger partial charge in [0, 0.05) is 0 Å². The zero-order valence-corrected chi connectivity index (χ0v) is 12.2. The lowest BCUT2D eigenvalue weighted by Crippen LogP contribution is -2.23. The minimum Gasteiger partial charge on any atom is -0.456 e. The molecule has 4 nitrogen and oxygen atoms in total. The van der Waals surface area contributed by atoms with Crippen LogP contribution in [0.4, 0.5) is 18.9 Å². The van der Waals surface area contributed by atoms with Crippen LogP contribution in [0.3, 0.4) is 0 Å². The van der Waals surface area contributed by atoms with E-state index in [-0.39, 0.29) is 18.0 Å². The number of esters is 1. The summed E-state index contributed by atoms with van der Waals surface area (Å²) in [5, 5.41) is 2.12. The minimum absolute atomic E-state index is 0.108. The summed E-state index contributed by atoms with van der Waals surface area (Å²) in [6.07, 6.45) is 1.25. The van der Waals surface area contributed by atoms with E-state index < -0.39 is 30.2 Å². The number of hydrogen-bond donors (Lipinski definition) is 1. The van der Waals surface area contributed by atoms with Crippen LogP contribution in [0.1, 0.15) is 24.8 Å². The molecule has 0 aromatic heterocycles. The Morgan fingerprint density at radius 1 is 1.26 bits per heavy atom. The van der Waals surface area contributed by atoms with Crippen molar-refractivity contribution < 1.29 is 27.5 Å². The van der Waals surface area contributed by atoms with Gasteiger partial charge in [0.25, 0.3) is 5.91 Å². The maximum absolute atomic E-state index is 12.8. The maximum atomic E-state index is 12.8. The molecule has 23 heavy (non-hydrogen) atoms. The van der Waals surface area contributed by atoms with Gasteiger partial charge >= 0.3 is 12.1 Å². The van der Waals surface area contributed by atoms with E-state index in [0.29, 0.717) is 0 Å². The SMILES string of the molecule is O=C(COC(=O)C[C@H]1C=CCC1)Nc1ccccc1C(F)(F)F. The Bertz CT molecular complexity index is 611. The smallest absolute Gasteiger partial charge is 0.418 e. The van der Waals surface area contributed by atoms with Gasteiger partial charge in [-0.2, -0.15) is 13.2 Å². The van der Waals surface area contributed by atoms with Crippen LogP contribution >= 0.6 is 0 Å². The first-order valence-electron chi connectivity index (χ1n) is 7.14. The third-order valence-electron chi connectivity index (χ3n) is 3.41. The number of carbonyl (C=O) groups excluding carboxylic acids is 2. The van der Waals surface area contributed by atoms with Crippen LogP contribution in [0, 0.1) is 5.92 Å². The van der Waals surface area contributed by atoms with Crippen LogP contribution in [0.2, 0.25) is 0 Å². The molecule has 0 bridgehead atoms. The van der Waals surface area contributed by atoms with Gasteiger partial charge in [-0.3, -0.25) is 9.59 Å². The zero-order chi connectivity index (χ0) is 16.9. The molecule has 0 radical (unpaired) electrons. The zero-order valence-electron chi connectivity index (χ0n) is 12.2. The monoisotopic (exact) mass is 327 g/mol. The first-order chi connectivity index (χ1) is 10.9. The average molecular weight is 327 g/mol. The molecule has 0 aliphatic heterocycles. The van der Waals surface area contributed by atoms with Gasteiger partial charge in [0.15, 0.2) is 6.61 Å². The highest BCUT2D eigenvalue weighted by Crippen LogP contribution is 2.34. The molecule has 0 fully saturated rings. The Labute approximate surface area is 131 Å². The van der Waals surface area contributed by atoms with Gasteiger partial charge in [-0.1, -0.05) is 24.3 Å². The average Bonchev–Trinajstić information content (AvgIpc) is 2.97. The van der Waals surface area contributed by atoms with Gasteiger partial charge in [-0.15, -0.1) is 0 Å². The fraction of sp³-hybridized carbons (Fsp3) is 0.375. The molecule has 1 amide bonds. The van der Waals surface area contributed by atoms with Crippen molar-refractivity contribution >= 4 is 17.6 Å². The Kier molecular flexibility index (Phi) is 5.41. The number of amides is 1. The van der Waals surface area contributed by atoms with Crippen LogP contribution in [0.25, 0.3) is 0 Å². The van der Waals surface area contributed by atoms with E-state index >= 15 is 0 Å². The second-order valence-corrected chi connectivity index (χ2v) is 5.22. The van der Waals surface area contributed by atoms with Crippen LogP contribution < -0.4 is 5.32 Å². The maximum Gasteiger partial charge on any atom is 0.418 e. The molecule has 2 rings (SSSR count). The van der Waals surface area contributed by atoms with Crippen LogP contribution in [0.5, 0.6) is 0 Å². The summed E-state index contributed by atoms with van der Waals surface area (Å²) in [5.41, 5.74) is -1.31. The summed E-state index contributed by atoms with van der Waals surface area (Å²) in [6.45, 7) is -0.610.